The van der Waals surface area contributed by atoms with Crippen LogP contribution >= 0.6 is 11.3 Å². The fraction of sp³-hybridized carbons (Fsp3) is 0.500. The standard InChI is InChI=1S/C44H52O11S/c1-43(2)52-36-34(51-42-40(38(36)53-43)54-44(3,4)55-42)28-49-41-39(48-26-32-21-14-22-56-32)37(47-25-31-19-12-7-13-20-31)35(46-24-30-17-10-6-11-18-30)33(50-41)27-45-23-29-15-8-5-9-16-29/h5-22,33-42H,23-28H2,1-4H3/t33-,34-,35-,36+,37+,38+,39-,40-,41-,42-/m1/s1. The average Bonchev–Trinajstić information content (AvgIpc) is 3.92. The monoisotopic (exact) mass is 788 g/mol. The van der Waals surface area contributed by atoms with Crippen molar-refractivity contribution in [3.05, 3.63) is 130 Å². The van der Waals surface area contributed by atoms with Crippen molar-refractivity contribution in [3.63, 3.8) is 0 Å². The lowest BCUT2D eigenvalue weighted by Crippen LogP contribution is -2.62. The van der Waals surface area contributed by atoms with E-state index < -0.39 is 73.0 Å². The summed E-state index contributed by atoms with van der Waals surface area (Å²) in [6.07, 6.45) is -5.97. The van der Waals surface area contributed by atoms with Crippen LogP contribution in [0.5, 0.6) is 0 Å². The number of thiophene rings is 1. The number of benzene rings is 3. The van der Waals surface area contributed by atoms with E-state index in [0.29, 0.717) is 26.4 Å². The van der Waals surface area contributed by atoms with Crippen molar-refractivity contribution in [1.82, 2.24) is 0 Å². The van der Waals surface area contributed by atoms with Crippen LogP contribution in [0.25, 0.3) is 0 Å². The van der Waals surface area contributed by atoms with Crippen LogP contribution in [0.2, 0.25) is 0 Å². The third-order valence-corrected chi connectivity index (χ3v) is 11.1. The largest absolute Gasteiger partial charge is 0.374 e. The van der Waals surface area contributed by atoms with Crippen LogP contribution in [-0.2, 0) is 78.5 Å². The van der Waals surface area contributed by atoms with Gasteiger partial charge in [-0.3, -0.25) is 0 Å². The molecule has 0 N–H and O–H groups in total. The van der Waals surface area contributed by atoms with Gasteiger partial charge in [0.2, 0.25) is 0 Å². The highest BCUT2D eigenvalue weighted by molar-refractivity contribution is 7.09. The smallest absolute Gasteiger partial charge is 0.190 e. The highest BCUT2D eigenvalue weighted by Crippen LogP contribution is 2.44. The Labute approximate surface area is 332 Å². The molecule has 8 rings (SSSR count). The molecule has 0 aliphatic carbocycles. The molecule has 4 aromatic rings. The Bertz CT molecular complexity index is 1780. The molecule has 4 aliphatic rings. The molecule has 0 amide bonds. The predicted octanol–water partition coefficient (Wildman–Crippen LogP) is 7.16. The molecule has 11 nitrogen and oxygen atoms in total. The van der Waals surface area contributed by atoms with Crippen LogP contribution < -0.4 is 0 Å². The van der Waals surface area contributed by atoms with Crippen molar-refractivity contribution in [1.29, 1.82) is 0 Å². The van der Waals surface area contributed by atoms with E-state index in [-0.39, 0.29) is 13.2 Å². The molecule has 3 aromatic carbocycles. The third kappa shape index (κ3) is 9.78. The number of fused-ring (bicyclic) bond motifs is 3. The van der Waals surface area contributed by atoms with Gasteiger partial charge in [0.05, 0.1) is 39.6 Å². The van der Waals surface area contributed by atoms with Crippen molar-refractivity contribution in [2.75, 3.05) is 13.2 Å². The first-order valence-electron chi connectivity index (χ1n) is 19.4. The van der Waals surface area contributed by atoms with E-state index in [9.17, 15) is 0 Å². The normalized spacial score (nSPS) is 31.9. The molecule has 0 radical (unpaired) electrons. The van der Waals surface area contributed by atoms with E-state index in [1.54, 1.807) is 11.3 Å². The molecule has 0 saturated carbocycles. The van der Waals surface area contributed by atoms with Crippen LogP contribution in [0.15, 0.2) is 109 Å². The molecule has 0 bridgehead atoms. The Morgan fingerprint density at radius 3 is 1.71 bits per heavy atom. The first-order valence-corrected chi connectivity index (χ1v) is 20.3. The number of hydrogen-bond donors (Lipinski definition) is 0. The Morgan fingerprint density at radius 2 is 1.07 bits per heavy atom. The Hall–Kier alpha value is -3.08. The molecule has 5 heterocycles. The molecule has 4 fully saturated rings. The Balaban J connectivity index is 1.08. The minimum atomic E-state index is -0.898. The van der Waals surface area contributed by atoms with Gasteiger partial charge in [0, 0.05) is 4.88 Å². The summed E-state index contributed by atoms with van der Waals surface area (Å²) >= 11 is 1.62. The molecule has 10 atom stereocenters. The predicted molar refractivity (Wildman–Crippen MR) is 206 cm³/mol. The van der Waals surface area contributed by atoms with E-state index in [2.05, 4.69) is 0 Å². The van der Waals surface area contributed by atoms with Gasteiger partial charge in [-0.1, -0.05) is 97.1 Å². The maximum atomic E-state index is 6.90. The highest BCUT2D eigenvalue weighted by Gasteiger charge is 2.61. The van der Waals surface area contributed by atoms with E-state index in [4.69, 9.17) is 52.1 Å². The molecule has 4 aliphatic heterocycles. The van der Waals surface area contributed by atoms with Crippen molar-refractivity contribution in [3.8, 4) is 0 Å². The second-order valence-corrected chi connectivity index (χ2v) is 16.5. The quantitative estimate of drug-likeness (QED) is 0.116. The van der Waals surface area contributed by atoms with Crippen molar-refractivity contribution in [2.45, 2.75) is 127 Å². The summed E-state index contributed by atoms with van der Waals surface area (Å²) in [7, 11) is 0. The van der Waals surface area contributed by atoms with Gasteiger partial charge < -0.3 is 52.1 Å². The zero-order chi connectivity index (χ0) is 38.5. The summed E-state index contributed by atoms with van der Waals surface area (Å²) in [4.78, 5) is 1.06. The highest BCUT2D eigenvalue weighted by atomic mass is 32.1. The summed E-state index contributed by atoms with van der Waals surface area (Å²) in [5.41, 5.74) is 3.10. The van der Waals surface area contributed by atoms with Gasteiger partial charge >= 0.3 is 0 Å². The Kier molecular flexibility index (Phi) is 12.6. The first kappa shape index (κ1) is 39.7. The zero-order valence-electron chi connectivity index (χ0n) is 32.3. The fourth-order valence-corrected chi connectivity index (χ4v) is 8.33. The van der Waals surface area contributed by atoms with Crippen LogP contribution in [0, 0.1) is 0 Å². The topological polar surface area (TPSA) is 102 Å². The van der Waals surface area contributed by atoms with E-state index in [1.165, 1.54) is 0 Å². The number of rotatable bonds is 16. The summed E-state index contributed by atoms with van der Waals surface area (Å²) in [6, 6.07) is 34.3. The second kappa shape index (κ2) is 17.8. The maximum absolute atomic E-state index is 6.90. The molecule has 1 aromatic heterocycles. The summed E-state index contributed by atoms with van der Waals surface area (Å²) in [6.45, 7) is 9.23. The van der Waals surface area contributed by atoms with Gasteiger partial charge in [0.15, 0.2) is 24.2 Å². The van der Waals surface area contributed by atoms with Gasteiger partial charge in [0.25, 0.3) is 0 Å². The lowest BCUT2D eigenvalue weighted by Gasteiger charge is -2.46. The molecule has 12 heteroatoms. The van der Waals surface area contributed by atoms with E-state index in [0.717, 1.165) is 21.6 Å². The van der Waals surface area contributed by atoms with E-state index >= 15 is 0 Å². The molecule has 300 valence electrons. The molecule has 4 saturated heterocycles. The average molecular weight is 789 g/mol. The fourth-order valence-electron chi connectivity index (χ4n) is 7.70. The zero-order valence-corrected chi connectivity index (χ0v) is 33.1. The SMILES string of the molecule is CC1(C)O[C@H]2[C@@H](O1)[C@@H](CO[C@@H]1O[C@H](COCc3ccccc3)[C@@H](OCc3ccccc3)[C@H](OCc3ccccc3)[C@H]1OCc1cccs1)O[C@@H]1OC(C)(C)O[C@@H]12. The van der Waals surface area contributed by atoms with Crippen molar-refractivity contribution < 1.29 is 52.1 Å². The van der Waals surface area contributed by atoms with Crippen molar-refractivity contribution >= 4 is 11.3 Å². The minimum Gasteiger partial charge on any atom is -0.374 e. The molecule has 0 unspecified atom stereocenters. The first-order chi connectivity index (χ1) is 27.2. The van der Waals surface area contributed by atoms with E-state index in [1.807, 2.05) is 136 Å². The molecule has 56 heavy (non-hydrogen) atoms. The number of hydrogen-bond acceptors (Lipinski definition) is 12. The minimum absolute atomic E-state index is 0.0929. The van der Waals surface area contributed by atoms with Gasteiger partial charge in [-0.05, 0) is 55.8 Å². The van der Waals surface area contributed by atoms with Crippen LogP contribution in [0.3, 0.4) is 0 Å². The summed E-state index contributed by atoms with van der Waals surface area (Å²) < 4.78 is 72.2. The second-order valence-electron chi connectivity index (χ2n) is 15.5. The van der Waals surface area contributed by atoms with Crippen molar-refractivity contribution in [2.24, 2.45) is 0 Å². The Morgan fingerprint density at radius 1 is 0.500 bits per heavy atom. The summed E-state index contributed by atoms with van der Waals surface area (Å²) in [5, 5.41) is 2.03. The van der Waals surface area contributed by atoms with Crippen LogP contribution in [-0.4, -0.2) is 86.2 Å². The molecule has 0 spiro atoms. The summed E-state index contributed by atoms with van der Waals surface area (Å²) in [5.74, 6) is -1.69. The maximum Gasteiger partial charge on any atom is 0.190 e. The van der Waals surface area contributed by atoms with Crippen LogP contribution in [0.4, 0.5) is 0 Å². The third-order valence-electron chi connectivity index (χ3n) is 10.2. The van der Waals surface area contributed by atoms with Gasteiger partial charge in [-0.25, -0.2) is 0 Å². The molecular weight excluding hydrogens is 737 g/mol. The lowest BCUT2D eigenvalue weighted by atomic mass is 9.97. The number of ether oxygens (including phenoxy) is 11. The van der Waals surface area contributed by atoms with Gasteiger partial charge in [0.1, 0.15) is 48.8 Å². The van der Waals surface area contributed by atoms with Gasteiger partial charge in [-0.15, -0.1) is 11.3 Å². The van der Waals surface area contributed by atoms with Gasteiger partial charge in [-0.2, -0.15) is 0 Å². The lowest BCUT2D eigenvalue weighted by molar-refractivity contribution is -0.337. The van der Waals surface area contributed by atoms with Crippen LogP contribution in [0.1, 0.15) is 49.3 Å². The molecular formula is C44H52O11S.